The minimum atomic E-state index is -1.58. The van der Waals surface area contributed by atoms with Gasteiger partial charge in [-0.1, -0.05) is 20.8 Å². The van der Waals surface area contributed by atoms with Gasteiger partial charge in [-0.2, -0.15) is 0 Å². The summed E-state index contributed by atoms with van der Waals surface area (Å²) in [4.78, 5) is 3.82. The van der Waals surface area contributed by atoms with Crippen LogP contribution in [-0.2, 0) is 4.43 Å². The third kappa shape index (κ3) is 4.67. The minimum Gasteiger partial charge on any atom is -0.415 e. The van der Waals surface area contributed by atoms with Gasteiger partial charge in [-0.15, -0.1) is 0 Å². The Morgan fingerprint density at radius 2 is 1.92 bits per heavy atom. The summed E-state index contributed by atoms with van der Waals surface area (Å²) in [6.07, 6.45) is 0. The van der Waals surface area contributed by atoms with E-state index in [4.69, 9.17) is 4.43 Å². The van der Waals surface area contributed by atoms with Crippen LogP contribution in [0, 0.1) is 0 Å². The van der Waals surface area contributed by atoms with Gasteiger partial charge in [-0.3, -0.25) is 0 Å². The number of isothiocyanates is 1. The van der Waals surface area contributed by atoms with Gasteiger partial charge in [0.2, 0.25) is 0 Å². The highest BCUT2D eigenvalue weighted by atomic mass is 32.1. The van der Waals surface area contributed by atoms with Gasteiger partial charge in [-0.05, 0) is 30.4 Å². The molecule has 0 aromatic heterocycles. The zero-order valence-corrected chi connectivity index (χ0v) is 11.0. The van der Waals surface area contributed by atoms with Crippen molar-refractivity contribution in [2.45, 2.75) is 38.9 Å². The molecule has 0 aliphatic rings. The van der Waals surface area contributed by atoms with Gasteiger partial charge < -0.3 is 4.43 Å². The second-order valence-corrected chi connectivity index (χ2v) is 9.57. The SMILES string of the molecule is CC(C)(C)[Si](C)(C)OCCN=C=S. The number of nitrogens with zero attached hydrogens (tertiary/aromatic N) is 1. The Hall–Kier alpha value is -0.0231. The lowest BCUT2D eigenvalue weighted by molar-refractivity contribution is 0.298. The lowest BCUT2D eigenvalue weighted by atomic mass is 10.2. The smallest absolute Gasteiger partial charge is 0.192 e. The molecule has 0 unspecified atom stereocenters. The van der Waals surface area contributed by atoms with E-state index in [-0.39, 0.29) is 5.04 Å². The molecule has 4 heteroatoms. The molecule has 0 aromatic carbocycles. The molecule has 0 saturated heterocycles. The van der Waals surface area contributed by atoms with Crippen LogP contribution in [0.4, 0.5) is 0 Å². The summed E-state index contributed by atoms with van der Waals surface area (Å²) in [5.41, 5.74) is 0. The normalized spacial score (nSPS) is 12.4. The molecule has 0 spiro atoms. The minimum absolute atomic E-state index is 0.272. The molecule has 0 aliphatic heterocycles. The Bertz CT molecular complexity index is 204. The summed E-state index contributed by atoms with van der Waals surface area (Å²) >= 11 is 4.47. The fourth-order valence-corrected chi connectivity index (χ4v) is 1.73. The highest BCUT2D eigenvalue weighted by molar-refractivity contribution is 7.78. The van der Waals surface area contributed by atoms with E-state index in [0.29, 0.717) is 13.2 Å². The quantitative estimate of drug-likeness (QED) is 0.312. The predicted octanol–water partition coefficient (Wildman–Crippen LogP) is 3.11. The van der Waals surface area contributed by atoms with Crippen molar-refractivity contribution < 1.29 is 4.43 Å². The summed E-state index contributed by atoms with van der Waals surface area (Å²) < 4.78 is 5.85. The first-order chi connectivity index (χ1) is 5.81. The molecule has 13 heavy (non-hydrogen) atoms. The fourth-order valence-electron chi connectivity index (χ4n) is 0.609. The molecule has 0 bridgehead atoms. The van der Waals surface area contributed by atoms with Crippen LogP contribution in [-0.4, -0.2) is 26.6 Å². The van der Waals surface area contributed by atoms with Crippen molar-refractivity contribution in [1.29, 1.82) is 0 Å². The maximum absolute atomic E-state index is 5.85. The second kappa shape index (κ2) is 5.01. The van der Waals surface area contributed by atoms with E-state index in [2.05, 4.69) is 56.2 Å². The van der Waals surface area contributed by atoms with Crippen molar-refractivity contribution in [3.63, 3.8) is 0 Å². The van der Waals surface area contributed by atoms with Crippen LogP contribution in [0.25, 0.3) is 0 Å². The van der Waals surface area contributed by atoms with Crippen LogP contribution in [0.1, 0.15) is 20.8 Å². The van der Waals surface area contributed by atoms with Crippen LogP contribution >= 0.6 is 12.2 Å². The fraction of sp³-hybridized carbons (Fsp3) is 0.889. The number of thiocarbonyl (C=S) groups is 1. The van der Waals surface area contributed by atoms with Gasteiger partial charge in [0.1, 0.15) is 0 Å². The summed E-state index contributed by atoms with van der Waals surface area (Å²) in [5, 5.41) is 2.61. The van der Waals surface area contributed by atoms with Gasteiger partial charge in [0.05, 0.1) is 18.3 Å². The van der Waals surface area contributed by atoms with Crippen LogP contribution in [0.5, 0.6) is 0 Å². The Morgan fingerprint density at radius 3 is 2.31 bits per heavy atom. The predicted molar refractivity (Wildman–Crippen MR) is 63.0 cm³/mol. The molecular formula is C9H19NOSSi. The first kappa shape index (κ1) is 13.0. The molecule has 0 fully saturated rings. The third-order valence-electron chi connectivity index (χ3n) is 2.54. The molecule has 0 heterocycles. The van der Waals surface area contributed by atoms with Gasteiger partial charge in [0.25, 0.3) is 0 Å². The standard InChI is InChI=1S/C9H19NOSSi/c1-9(2,3)13(4,5)11-7-6-10-8-12/h6-7H2,1-5H3. The Balaban J connectivity index is 3.96. The summed E-state index contributed by atoms with van der Waals surface area (Å²) in [5.74, 6) is 0. The molecular weight excluding hydrogens is 198 g/mol. The topological polar surface area (TPSA) is 21.6 Å². The van der Waals surface area contributed by atoms with Gasteiger partial charge in [-0.25, -0.2) is 4.99 Å². The molecule has 2 nitrogen and oxygen atoms in total. The van der Waals surface area contributed by atoms with E-state index < -0.39 is 8.32 Å². The van der Waals surface area contributed by atoms with E-state index in [0.717, 1.165) is 0 Å². The van der Waals surface area contributed by atoms with E-state index in [1.54, 1.807) is 0 Å². The van der Waals surface area contributed by atoms with Crippen LogP contribution in [0.15, 0.2) is 4.99 Å². The molecule has 0 radical (unpaired) electrons. The molecule has 0 amide bonds. The maximum atomic E-state index is 5.85. The molecule has 0 aliphatic carbocycles. The Morgan fingerprint density at radius 1 is 1.38 bits per heavy atom. The lowest BCUT2D eigenvalue weighted by Crippen LogP contribution is -2.41. The van der Waals surface area contributed by atoms with E-state index in [1.165, 1.54) is 0 Å². The zero-order valence-electron chi connectivity index (χ0n) is 9.18. The van der Waals surface area contributed by atoms with E-state index in [1.807, 2.05) is 0 Å². The first-order valence-electron chi connectivity index (χ1n) is 4.49. The van der Waals surface area contributed by atoms with Crippen LogP contribution in [0.2, 0.25) is 18.1 Å². The van der Waals surface area contributed by atoms with Crippen molar-refractivity contribution in [3.8, 4) is 0 Å². The van der Waals surface area contributed by atoms with Crippen molar-refractivity contribution in [2.75, 3.05) is 13.2 Å². The molecule has 0 aromatic rings. The van der Waals surface area contributed by atoms with Gasteiger partial charge in [0.15, 0.2) is 8.32 Å². The molecule has 0 atom stereocenters. The molecule has 0 rings (SSSR count). The van der Waals surface area contributed by atoms with Crippen LogP contribution in [0.3, 0.4) is 0 Å². The largest absolute Gasteiger partial charge is 0.415 e. The zero-order chi connectivity index (χ0) is 10.5. The van der Waals surface area contributed by atoms with Gasteiger partial charge >= 0.3 is 0 Å². The maximum Gasteiger partial charge on any atom is 0.192 e. The second-order valence-electron chi connectivity index (χ2n) is 4.58. The Labute approximate surface area is 87.5 Å². The average Bonchev–Trinajstić information content (AvgIpc) is 1.96. The van der Waals surface area contributed by atoms with Crippen molar-refractivity contribution in [2.24, 2.45) is 4.99 Å². The number of aliphatic imine (C=N–C) groups is 1. The number of hydrogen-bond acceptors (Lipinski definition) is 3. The molecule has 0 N–H and O–H groups in total. The summed E-state index contributed by atoms with van der Waals surface area (Å²) in [6, 6.07) is 0. The van der Waals surface area contributed by atoms with Crippen molar-refractivity contribution in [3.05, 3.63) is 0 Å². The molecule has 76 valence electrons. The lowest BCUT2D eigenvalue weighted by Gasteiger charge is -2.35. The number of hydrogen-bond donors (Lipinski definition) is 0. The van der Waals surface area contributed by atoms with Crippen molar-refractivity contribution >= 4 is 25.7 Å². The number of rotatable bonds is 4. The van der Waals surface area contributed by atoms with E-state index >= 15 is 0 Å². The molecule has 0 saturated carbocycles. The summed E-state index contributed by atoms with van der Waals surface area (Å²) in [7, 11) is -1.58. The highest BCUT2D eigenvalue weighted by Gasteiger charge is 2.36. The highest BCUT2D eigenvalue weighted by Crippen LogP contribution is 2.36. The van der Waals surface area contributed by atoms with Gasteiger partial charge in [0, 0.05) is 0 Å². The third-order valence-corrected chi connectivity index (χ3v) is 7.20. The monoisotopic (exact) mass is 217 g/mol. The van der Waals surface area contributed by atoms with E-state index in [9.17, 15) is 0 Å². The van der Waals surface area contributed by atoms with Crippen LogP contribution < -0.4 is 0 Å². The average molecular weight is 217 g/mol. The summed E-state index contributed by atoms with van der Waals surface area (Å²) in [6.45, 7) is 12.4. The Kier molecular flexibility index (Phi) is 5.00. The van der Waals surface area contributed by atoms with Crippen molar-refractivity contribution in [1.82, 2.24) is 0 Å². The first-order valence-corrected chi connectivity index (χ1v) is 7.80.